The highest BCUT2D eigenvalue weighted by atomic mass is 19.1. The van der Waals surface area contributed by atoms with Crippen LogP contribution in [0.25, 0.3) is 22.2 Å². The van der Waals surface area contributed by atoms with Crippen LogP contribution in [0.5, 0.6) is 0 Å². The fraction of sp³-hybridized carbons (Fsp3) is 0.167. The molecular weight excluding hydrogens is 499 g/mol. The number of aromatic nitrogens is 1. The summed E-state index contributed by atoms with van der Waals surface area (Å²) < 4.78 is 15.0. The molecule has 1 atom stereocenters. The van der Waals surface area contributed by atoms with Gasteiger partial charge in [-0.05, 0) is 47.4 Å². The molecule has 8 nitrogen and oxygen atoms in total. The number of pyridine rings is 1. The highest BCUT2D eigenvalue weighted by molar-refractivity contribution is 6.08. The SMILES string of the molecule is NC(=O)c1c(Cc2ccc3c(c2)CN(C2CCC(=O)NC2=O)C3=O)c(-c2ccccc2F)nc2ccccc12. The van der Waals surface area contributed by atoms with Crippen LogP contribution in [0.2, 0.25) is 0 Å². The first-order chi connectivity index (χ1) is 18.8. The van der Waals surface area contributed by atoms with E-state index in [1.54, 1.807) is 54.6 Å². The molecule has 2 aliphatic rings. The lowest BCUT2D eigenvalue weighted by Gasteiger charge is -2.29. The highest BCUT2D eigenvalue weighted by Gasteiger charge is 2.39. The van der Waals surface area contributed by atoms with Gasteiger partial charge in [0.25, 0.3) is 5.91 Å². The Balaban J connectivity index is 1.43. The highest BCUT2D eigenvalue weighted by Crippen LogP contribution is 2.34. The minimum Gasteiger partial charge on any atom is -0.366 e. The Kier molecular flexibility index (Phi) is 5.91. The van der Waals surface area contributed by atoms with E-state index < -0.39 is 23.7 Å². The molecular formula is C30H23FN4O4. The van der Waals surface area contributed by atoms with E-state index >= 15 is 0 Å². The van der Waals surface area contributed by atoms with Crippen LogP contribution in [0, 0.1) is 5.82 Å². The van der Waals surface area contributed by atoms with Gasteiger partial charge in [-0.15, -0.1) is 0 Å². The zero-order valence-corrected chi connectivity index (χ0v) is 20.7. The number of para-hydroxylation sites is 1. The van der Waals surface area contributed by atoms with E-state index in [1.165, 1.54) is 11.0 Å². The van der Waals surface area contributed by atoms with E-state index in [2.05, 4.69) is 5.32 Å². The first-order valence-electron chi connectivity index (χ1n) is 12.5. The molecule has 3 N–H and O–H groups in total. The van der Waals surface area contributed by atoms with Gasteiger partial charge in [-0.2, -0.15) is 0 Å². The number of halogens is 1. The van der Waals surface area contributed by atoms with Gasteiger partial charge in [0.2, 0.25) is 17.7 Å². The summed E-state index contributed by atoms with van der Waals surface area (Å²) in [5.41, 5.74) is 9.69. The molecule has 1 aromatic heterocycles. The standard InChI is InChI=1S/C30H23FN4O4/c31-22-7-3-1-5-19(22)27-21(26(28(32)37)20-6-2-4-8-23(20)33-27)14-16-9-10-18-17(13-16)15-35(30(18)39)24-11-12-25(36)34-29(24)38/h1-10,13,24H,11-12,14-15H2,(H2,32,37)(H,34,36,38). The molecule has 0 saturated carbocycles. The van der Waals surface area contributed by atoms with Gasteiger partial charge in [-0.1, -0.05) is 42.5 Å². The van der Waals surface area contributed by atoms with Crippen LogP contribution in [-0.2, 0) is 22.6 Å². The summed E-state index contributed by atoms with van der Waals surface area (Å²) in [6, 6.07) is 17.9. The molecule has 0 aliphatic carbocycles. The summed E-state index contributed by atoms with van der Waals surface area (Å²) in [6.45, 7) is 0.215. The summed E-state index contributed by atoms with van der Waals surface area (Å²) in [5.74, 6) is -2.22. The monoisotopic (exact) mass is 522 g/mol. The van der Waals surface area contributed by atoms with Crippen molar-refractivity contribution in [3.8, 4) is 11.3 Å². The molecule has 3 aromatic carbocycles. The smallest absolute Gasteiger partial charge is 0.255 e. The van der Waals surface area contributed by atoms with E-state index in [1.807, 2.05) is 6.07 Å². The first kappa shape index (κ1) is 24.4. The molecule has 39 heavy (non-hydrogen) atoms. The van der Waals surface area contributed by atoms with Crippen molar-refractivity contribution in [2.24, 2.45) is 5.73 Å². The second-order valence-corrected chi connectivity index (χ2v) is 9.74. The normalized spacial score (nSPS) is 16.9. The van der Waals surface area contributed by atoms with Crippen molar-refractivity contribution in [2.75, 3.05) is 0 Å². The fourth-order valence-corrected chi connectivity index (χ4v) is 5.52. The molecule has 2 aliphatic heterocycles. The fourth-order valence-electron chi connectivity index (χ4n) is 5.52. The maximum Gasteiger partial charge on any atom is 0.255 e. The number of hydrogen-bond acceptors (Lipinski definition) is 5. The Morgan fingerprint density at radius 2 is 1.79 bits per heavy atom. The van der Waals surface area contributed by atoms with E-state index in [-0.39, 0.29) is 48.7 Å². The van der Waals surface area contributed by atoms with Gasteiger partial charge < -0.3 is 10.6 Å². The quantitative estimate of drug-likeness (QED) is 0.389. The number of benzene rings is 3. The lowest BCUT2D eigenvalue weighted by atomic mass is 9.91. The molecule has 6 rings (SSSR count). The second kappa shape index (κ2) is 9.43. The van der Waals surface area contributed by atoms with Crippen molar-refractivity contribution in [2.45, 2.75) is 31.8 Å². The van der Waals surface area contributed by atoms with Crippen LogP contribution < -0.4 is 11.1 Å². The molecule has 1 fully saturated rings. The first-order valence-corrected chi connectivity index (χ1v) is 12.5. The number of carbonyl (C=O) groups is 4. The maximum atomic E-state index is 15.0. The Hall–Kier alpha value is -4.92. The molecule has 0 spiro atoms. The van der Waals surface area contributed by atoms with Crippen LogP contribution in [0.4, 0.5) is 4.39 Å². The van der Waals surface area contributed by atoms with Gasteiger partial charge >= 0.3 is 0 Å². The Morgan fingerprint density at radius 3 is 2.56 bits per heavy atom. The third-order valence-corrected chi connectivity index (χ3v) is 7.34. The number of hydrogen-bond donors (Lipinski definition) is 2. The predicted octanol–water partition coefficient (Wildman–Crippen LogP) is 3.49. The van der Waals surface area contributed by atoms with Crippen LogP contribution >= 0.6 is 0 Å². The second-order valence-electron chi connectivity index (χ2n) is 9.74. The molecule has 4 aromatic rings. The van der Waals surface area contributed by atoms with Gasteiger partial charge in [0, 0.05) is 35.9 Å². The molecule has 194 valence electrons. The van der Waals surface area contributed by atoms with Gasteiger partial charge in [0.05, 0.1) is 16.8 Å². The van der Waals surface area contributed by atoms with Crippen molar-refractivity contribution in [1.29, 1.82) is 0 Å². The molecule has 3 heterocycles. The lowest BCUT2D eigenvalue weighted by Crippen LogP contribution is -2.52. The zero-order valence-electron chi connectivity index (χ0n) is 20.7. The zero-order chi connectivity index (χ0) is 27.3. The molecule has 0 bridgehead atoms. The number of carbonyl (C=O) groups excluding carboxylic acids is 4. The van der Waals surface area contributed by atoms with E-state index in [0.29, 0.717) is 27.7 Å². The third kappa shape index (κ3) is 4.21. The number of primary amides is 1. The summed E-state index contributed by atoms with van der Waals surface area (Å²) in [5, 5.41) is 2.87. The van der Waals surface area contributed by atoms with E-state index in [4.69, 9.17) is 10.7 Å². The number of piperidine rings is 1. The third-order valence-electron chi connectivity index (χ3n) is 7.34. The van der Waals surface area contributed by atoms with Crippen molar-refractivity contribution in [3.63, 3.8) is 0 Å². The van der Waals surface area contributed by atoms with Crippen LogP contribution in [-0.4, -0.2) is 39.6 Å². The number of rotatable bonds is 5. The molecule has 9 heteroatoms. The average molecular weight is 523 g/mol. The van der Waals surface area contributed by atoms with E-state index in [0.717, 1.165) is 11.1 Å². The van der Waals surface area contributed by atoms with Crippen LogP contribution in [0.15, 0.2) is 66.7 Å². The Bertz CT molecular complexity index is 1720. The molecule has 4 amide bonds. The number of amides is 4. The minimum atomic E-state index is -0.718. The Morgan fingerprint density at radius 1 is 1.03 bits per heavy atom. The summed E-state index contributed by atoms with van der Waals surface area (Å²) in [6.07, 6.45) is 0.652. The predicted molar refractivity (Wildman–Crippen MR) is 141 cm³/mol. The molecule has 0 radical (unpaired) electrons. The minimum absolute atomic E-state index is 0.172. The van der Waals surface area contributed by atoms with Gasteiger partial charge in [-0.25, -0.2) is 9.37 Å². The number of fused-ring (bicyclic) bond motifs is 2. The topological polar surface area (TPSA) is 122 Å². The number of nitrogens with two attached hydrogens (primary N) is 1. The van der Waals surface area contributed by atoms with Crippen molar-refractivity contribution < 1.29 is 23.6 Å². The van der Waals surface area contributed by atoms with Gasteiger partial charge in [0.15, 0.2) is 0 Å². The van der Waals surface area contributed by atoms with Gasteiger partial charge in [0.1, 0.15) is 11.9 Å². The number of nitrogens with zero attached hydrogens (tertiary/aromatic N) is 2. The summed E-state index contributed by atoms with van der Waals surface area (Å²) >= 11 is 0. The number of nitrogens with one attached hydrogen (secondary N) is 1. The number of imide groups is 1. The average Bonchev–Trinajstić information content (AvgIpc) is 3.23. The van der Waals surface area contributed by atoms with Crippen LogP contribution in [0.1, 0.15) is 50.2 Å². The summed E-state index contributed by atoms with van der Waals surface area (Å²) in [4.78, 5) is 56.1. The molecule has 1 unspecified atom stereocenters. The largest absolute Gasteiger partial charge is 0.366 e. The Labute approximate surface area is 222 Å². The van der Waals surface area contributed by atoms with E-state index in [9.17, 15) is 23.6 Å². The maximum absolute atomic E-state index is 15.0. The lowest BCUT2D eigenvalue weighted by molar-refractivity contribution is -0.136. The van der Waals surface area contributed by atoms with Gasteiger partial charge in [-0.3, -0.25) is 24.5 Å². The van der Waals surface area contributed by atoms with Crippen molar-refractivity contribution >= 4 is 34.5 Å². The van der Waals surface area contributed by atoms with Crippen molar-refractivity contribution in [3.05, 3.63) is 100 Å². The summed E-state index contributed by atoms with van der Waals surface area (Å²) in [7, 11) is 0. The molecule has 1 saturated heterocycles. The van der Waals surface area contributed by atoms with Crippen LogP contribution in [0.3, 0.4) is 0 Å². The van der Waals surface area contributed by atoms with Crippen molar-refractivity contribution in [1.82, 2.24) is 15.2 Å².